The van der Waals surface area contributed by atoms with Crippen LogP contribution in [0.15, 0.2) is 24.3 Å². The fourth-order valence-electron chi connectivity index (χ4n) is 2.53. The van der Waals surface area contributed by atoms with Crippen LogP contribution >= 0.6 is 0 Å². The molecule has 1 fully saturated rings. The number of carbonyl (C=O) groups excluding carboxylic acids is 2. The molecule has 1 aromatic rings. The third-order valence-corrected chi connectivity index (χ3v) is 3.78. The van der Waals surface area contributed by atoms with Gasteiger partial charge in [0.2, 0.25) is 11.8 Å². The SMILES string of the molecule is Cc1ccc(CN2C(=O)CCC2C(=O)NCCCN)cc1. The molecule has 1 atom stereocenters. The first-order valence-corrected chi connectivity index (χ1v) is 7.44. The van der Waals surface area contributed by atoms with Gasteiger partial charge in [0.1, 0.15) is 6.04 Å². The van der Waals surface area contributed by atoms with Gasteiger partial charge in [-0.05, 0) is 31.9 Å². The van der Waals surface area contributed by atoms with Gasteiger partial charge in [-0.3, -0.25) is 9.59 Å². The van der Waals surface area contributed by atoms with E-state index in [1.54, 1.807) is 4.90 Å². The third-order valence-electron chi connectivity index (χ3n) is 3.78. The van der Waals surface area contributed by atoms with Crippen molar-refractivity contribution in [3.63, 3.8) is 0 Å². The Kier molecular flexibility index (Phi) is 5.33. The Morgan fingerprint density at radius 1 is 1.38 bits per heavy atom. The first-order chi connectivity index (χ1) is 10.1. The Morgan fingerprint density at radius 3 is 2.76 bits per heavy atom. The van der Waals surface area contributed by atoms with Gasteiger partial charge in [0.15, 0.2) is 0 Å². The van der Waals surface area contributed by atoms with E-state index in [2.05, 4.69) is 5.32 Å². The average molecular weight is 289 g/mol. The predicted molar refractivity (Wildman–Crippen MR) is 81.4 cm³/mol. The number of amides is 2. The molecule has 0 spiro atoms. The maximum Gasteiger partial charge on any atom is 0.242 e. The Balaban J connectivity index is 1.99. The summed E-state index contributed by atoms with van der Waals surface area (Å²) < 4.78 is 0. The van der Waals surface area contributed by atoms with Crippen molar-refractivity contribution in [3.8, 4) is 0 Å². The highest BCUT2D eigenvalue weighted by Gasteiger charge is 2.35. The van der Waals surface area contributed by atoms with Crippen LogP contribution in [0.25, 0.3) is 0 Å². The number of carbonyl (C=O) groups is 2. The molecule has 0 bridgehead atoms. The molecule has 3 N–H and O–H groups in total. The fourth-order valence-corrected chi connectivity index (χ4v) is 2.53. The Labute approximate surface area is 125 Å². The van der Waals surface area contributed by atoms with E-state index in [4.69, 9.17) is 5.73 Å². The Hall–Kier alpha value is -1.88. The molecule has 1 aliphatic rings. The van der Waals surface area contributed by atoms with Crippen molar-refractivity contribution in [2.45, 2.75) is 38.8 Å². The summed E-state index contributed by atoms with van der Waals surface area (Å²) in [7, 11) is 0. The van der Waals surface area contributed by atoms with Crippen LogP contribution in [0.5, 0.6) is 0 Å². The summed E-state index contributed by atoms with van der Waals surface area (Å²) in [5.41, 5.74) is 7.65. The first kappa shape index (κ1) is 15.5. The standard InChI is InChI=1S/C16H23N3O2/c1-12-3-5-13(6-4-12)11-19-14(7-8-15(19)20)16(21)18-10-2-9-17/h3-6,14H,2,7-11,17H2,1H3,(H,18,21). The molecule has 0 aromatic heterocycles. The number of benzene rings is 1. The van der Waals surface area contributed by atoms with Crippen molar-refractivity contribution >= 4 is 11.8 Å². The molecule has 5 nitrogen and oxygen atoms in total. The second-order valence-electron chi connectivity index (χ2n) is 5.49. The highest BCUT2D eigenvalue weighted by atomic mass is 16.2. The highest BCUT2D eigenvalue weighted by molar-refractivity contribution is 5.90. The molecule has 1 unspecified atom stereocenters. The zero-order valence-electron chi connectivity index (χ0n) is 12.5. The lowest BCUT2D eigenvalue weighted by molar-refractivity contribution is -0.135. The lowest BCUT2D eigenvalue weighted by atomic mass is 10.1. The van der Waals surface area contributed by atoms with E-state index in [9.17, 15) is 9.59 Å². The van der Waals surface area contributed by atoms with Crippen LogP contribution in [-0.2, 0) is 16.1 Å². The Bertz CT molecular complexity index is 499. The number of rotatable bonds is 6. The molecule has 1 saturated heterocycles. The molecule has 2 rings (SSSR count). The minimum absolute atomic E-state index is 0.0505. The topological polar surface area (TPSA) is 75.4 Å². The van der Waals surface area contributed by atoms with Crippen molar-refractivity contribution < 1.29 is 9.59 Å². The van der Waals surface area contributed by atoms with Gasteiger partial charge in [0.05, 0.1) is 0 Å². The maximum absolute atomic E-state index is 12.2. The number of hydrogen-bond acceptors (Lipinski definition) is 3. The second-order valence-corrected chi connectivity index (χ2v) is 5.49. The lowest BCUT2D eigenvalue weighted by Crippen LogP contribution is -2.44. The summed E-state index contributed by atoms with van der Waals surface area (Å²) in [6.07, 6.45) is 1.80. The number of nitrogens with two attached hydrogens (primary N) is 1. The van der Waals surface area contributed by atoms with Gasteiger partial charge >= 0.3 is 0 Å². The summed E-state index contributed by atoms with van der Waals surface area (Å²) in [4.78, 5) is 25.9. The smallest absolute Gasteiger partial charge is 0.242 e. The highest BCUT2D eigenvalue weighted by Crippen LogP contribution is 2.21. The molecule has 1 aromatic carbocycles. The molecule has 114 valence electrons. The van der Waals surface area contributed by atoms with Crippen LogP contribution in [0.4, 0.5) is 0 Å². The number of hydrogen-bond donors (Lipinski definition) is 2. The van der Waals surface area contributed by atoms with Crippen LogP contribution in [0.1, 0.15) is 30.4 Å². The van der Waals surface area contributed by atoms with Crippen LogP contribution in [0, 0.1) is 6.92 Å². The zero-order valence-corrected chi connectivity index (χ0v) is 12.5. The van der Waals surface area contributed by atoms with E-state index in [-0.39, 0.29) is 17.9 Å². The largest absolute Gasteiger partial charge is 0.354 e. The van der Waals surface area contributed by atoms with Gasteiger partial charge in [-0.25, -0.2) is 0 Å². The van der Waals surface area contributed by atoms with Gasteiger partial charge in [-0.15, -0.1) is 0 Å². The monoisotopic (exact) mass is 289 g/mol. The fraction of sp³-hybridized carbons (Fsp3) is 0.500. The van der Waals surface area contributed by atoms with Crippen LogP contribution in [0.2, 0.25) is 0 Å². The quantitative estimate of drug-likeness (QED) is 0.766. The number of likely N-dealkylation sites (tertiary alicyclic amines) is 1. The van der Waals surface area contributed by atoms with Crippen molar-refractivity contribution in [1.82, 2.24) is 10.2 Å². The molecule has 0 saturated carbocycles. The van der Waals surface area contributed by atoms with Crippen molar-refractivity contribution in [1.29, 1.82) is 0 Å². The molecular formula is C16H23N3O2. The number of aryl methyl sites for hydroxylation is 1. The van der Waals surface area contributed by atoms with E-state index >= 15 is 0 Å². The summed E-state index contributed by atoms with van der Waals surface area (Å²) in [5.74, 6) is -0.0176. The lowest BCUT2D eigenvalue weighted by Gasteiger charge is -2.24. The summed E-state index contributed by atoms with van der Waals surface area (Å²) in [5, 5.41) is 2.86. The van der Waals surface area contributed by atoms with Crippen molar-refractivity contribution in [3.05, 3.63) is 35.4 Å². The van der Waals surface area contributed by atoms with Gasteiger partial charge < -0.3 is 16.0 Å². The molecule has 1 heterocycles. The van der Waals surface area contributed by atoms with Gasteiger partial charge in [0.25, 0.3) is 0 Å². The second kappa shape index (κ2) is 7.22. The van der Waals surface area contributed by atoms with E-state index in [0.717, 1.165) is 12.0 Å². The molecule has 21 heavy (non-hydrogen) atoms. The molecule has 0 aliphatic carbocycles. The number of nitrogens with one attached hydrogen (secondary N) is 1. The van der Waals surface area contributed by atoms with E-state index < -0.39 is 0 Å². The molecule has 0 radical (unpaired) electrons. The maximum atomic E-state index is 12.2. The summed E-state index contributed by atoms with van der Waals surface area (Å²) >= 11 is 0. The van der Waals surface area contributed by atoms with Crippen LogP contribution < -0.4 is 11.1 Å². The minimum atomic E-state index is -0.350. The zero-order chi connectivity index (χ0) is 15.2. The Morgan fingerprint density at radius 2 is 2.10 bits per heavy atom. The van der Waals surface area contributed by atoms with Crippen LogP contribution in [0.3, 0.4) is 0 Å². The van der Waals surface area contributed by atoms with Crippen molar-refractivity contribution in [2.75, 3.05) is 13.1 Å². The van der Waals surface area contributed by atoms with E-state index in [1.807, 2.05) is 31.2 Å². The van der Waals surface area contributed by atoms with Gasteiger partial charge in [-0.2, -0.15) is 0 Å². The van der Waals surface area contributed by atoms with Crippen LogP contribution in [-0.4, -0.2) is 35.8 Å². The van der Waals surface area contributed by atoms with E-state index in [1.165, 1.54) is 5.56 Å². The summed E-state index contributed by atoms with van der Waals surface area (Å²) in [6, 6.07) is 7.70. The molecule has 1 aliphatic heterocycles. The third kappa shape index (κ3) is 4.04. The van der Waals surface area contributed by atoms with Gasteiger partial charge in [-0.1, -0.05) is 29.8 Å². The first-order valence-electron chi connectivity index (χ1n) is 7.44. The molecular weight excluding hydrogens is 266 g/mol. The summed E-state index contributed by atoms with van der Waals surface area (Å²) in [6.45, 7) is 3.64. The molecule has 2 amide bonds. The minimum Gasteiger partial charge on any atom is -0.354 e. The predicted octanol–water partition coefficient (Wildman–Crippen LogP) is 0.951. The van der Waals surface area contributed by atoms with E-state index in [0.29, 0.717) is 32.5 Å². The molecule has 5 heteroatoms. The van der Waals surface area contributed by atoms with Gasteiger partial charge in [0, 0.05) is 19.5 Å². The normalized spacial score (nSPS) is 18.1. The van der Waals surface area contributed by atoms with Crippen molar-refractivity contribution in [2.24, 2.45) is 5.73 Å². The average Bonchev–Trinajstić information content (AvgIpc) is 2.83. The number of nitrogens with zero attached hydrogens (tertiary/aromatic N) is 1.